The van der Waals surface area contributed by atoms with Crippen molar-refractivity contribution in [3.8, 4) is 22.8 Å². The second kappa shape index (κ2) is 9.44. The highest BCUT2D eigenvalue weighted by Gasteiger charge is 2.42. The van der Waals surface area contributed by atoms with Gasteiger partial charge in [0.2, 0.25) is 0 Å². The average molecular weight is 436 g/mol. The van der Waals surface area contributed by atoms with Gasteiger partial charge in [0.05, 0.1) is 18.8 Å². The summed E-state index contributed by atoms with van der Waals surface area (Å²) < 4.78 is 11.3. The van der Waals surface area contributed by atoms with Gasteiger partial charge in [0, 0.05) is 24.3 Å². The van der Waals surface area contributed by atoms with Gasteiger partial charge in [-0.25, -0.2) is 0 Å². The molecule has 0 radical (unpaired) electrons. The minimum atomic E-state index is -0.319. The molecule has 1 aromatic heterocycles. The summed E-state index contributed by atoms with van der Waals surface area (Å²) in [6.07, 6.45) is 0.872. The Labute approximate surface area is 188 Å². The van der Waals surface area contributed by atoms with Crippen LogP contribution in [0.3, 0.4) is 0 Å². The van der Waals surface area contributed by atoms with Crippen LogP contribution in [-0.4, -0.2) is 52.0 Å². The van der Waals surface area contributed by atoms with E-state index >= 15 is 0 Å². The highest BCUT2D eigenvalue weighted by Crippen LogP contribution is 2.44. The monoisotopic (exact) mass is 435 g/mol. The maximum absolute atomic E-state index is 13.3. The van der Waals surface area contributed by atoms with Crippen LogP contribution in [0.1, 0.15) is 54.8 Å². The highest BCUT2D eigenvalue weighted by atomic mass is 16.5. The molecule has 1 unspecified atom stereocenters. The fourth-order valence-corrected chi connectivity index (χ4v) is 4.12. The molecule has 2 aromatic carbocycles. The van der Waals surface area contributed by atoms with Crippen LogP contribution < -0.4 is 4.74 Å². The number of benzene rings is 2. The number of ether oxygens (including phenoxy) is 2. The van der Waals surface area contributed by atoms with E-state index in [0.717, 1.165) is 23.3 Å². The van der Waals surface area contributed by atoms with Crippen LogP contribution in [0.2, 0.25) is 0 Å². The van der Waals surface area contributed by atoms with Crippen LogP contribution in [0.4, 0.5) is 0 Å². The quantitative estimate of drug-likeness (QED) is 0.482. The molecule has 0 saturated heterocycles. The predicted molar refractivity (Wildman–Crippen MR) is 122 cm³/mol. The van der Waals surface area contributed by atoms with E-state index in [9.17, 15) is 9.90 Å². The molecular weight excluding hydrogens is 406 g/mol. The lowest BCUT2D eigenvalue weighted by atomic mass is 9.95. The fraction of sp³-hybridized carbons (Fsp3) is 0.360. The predicted octanol–water partition coefficient (Wildman–Crippen LogP) is 4.54. The maximum atomic E-state index is 13.3. The molecule has 168 valence electrons. The summed E-state index contributed by atoms with van der Waals surface area (Å²) in [5.41, 5.74) is 3.39. The number of aromatic amines is 1. The van der Waals surface area contributed by atoms with Crippen LogP contribution in [0.25, 0.3) is 11.3 Å². The number of fused-ring (bicyclic) bond motifs is 1. The van der Waals surface area contributed by atoms with Crippen molar-refractivity contribution in [1.29, 1.82) is 0 Å². The van der Waals surface area contributed by atoms with Gasteiger partial charge in [-0.05, 0) is 57.0 Å². The Kier molecular flexibility index (Phi) is 6.46. The number of hydrogen-bond acceptors (Lipinski definition) is 5. The number of carbonyl (C=O) groups excluding carboxylic acids is 1. The SMILES string of the molecule is CCOc1ccc(C2c3c(-c4ccccc4O)n[nH]c3C(=O)N2CCCOC(C)C)cc1. The van der Waals surface area contributed by atoms with Gasteiger partial charge in [-0.2, -0.15) is 5.10 Å². The average Bonchev–Trinajstić information content (AvgIpc) is 3.31. The first-order chi connectivity index (χ1) is 15.5. The Hall–Kier alpha value is -3.32. The molecule has 0 aliphatic carbocycles. The third kappa shape index (κ3) is 4.21. The van der Waals surface area contributed by atoms with Gasteiger partial charge < -0.3 is 19.5 Å². The number of rotatable bonds is 9. The van der Waals surface area contributed by atoms with Crippen LogP contribution in [0, 0.1) is 0 Å². The standard InChI is InChI=1S/C25H29N3O4/c1-4-31-18-12-10-17(11-13-18)24-21-22(19-8-5-6-9-20(19)29)26-27-23(21)25(30)28(24)14-7-15-32-16(2)3/h5-6,8-13,16,24,29H,4,7,14-15H2,1-3H3,(H,26,27). The maximum Gasteiger partial charge on any atom is 0.273 e. The van der Waals surface area contributed by atoms with E-state index < -0.39 is 0 Å². The molecule has 0 saturated carbocycles. The smallest absolute Gasteiger partial charge is 0.273 e. The molecule has 3 aromatic rings. The van der Waals surface area contributed by atoms with Crippen molar-refractivity contribution in [3.63, 3.8) is 0 Å². The molecule has 7 heteroatoms. The van der Waals surface area contributed by atoms with E-state index in [0.29, 0.717) is 36.7 Å². The number of nitrogens with one attached hydrogen (secondary N) is 1. The number of aromatic nitrogens is 2. The molecule has 1 aliphatic rings. The third-order valence-corrected chi connectivity index (χ3v) is 5.52. The van der Waals surface area contributed by atoms with Crippen molar-refractivity contribution >= 4 is 5.91 Å². The van der Waals surface area contributed by atoms with Gasteiger partial charge >= 0.3 is 0 Å². The second-order valence-electron chi connectivity index (χ2n) is 8.05. The van der Waals surface area contributed by atoms with Crippen molar-refractivity contribution in [1.82, 2.24) is 15.1 Å². The summed E-state index contributed by atoms with van der Waals surface area (Å²) in [6, 6.07) is 14.5. The summed E-state index contributed by atoms with van der Waals surface area (Å²) in [4.78, 5) is 15.2. The summed E-state index contributed by atoms with van der Waals surface area (Å²) in [7, 11) is 0. The molecule has 1 atom stereocenters. The first-order valence-corrected chi connectivity index (χ1v) is 11.0. The van der Waals surface area contributed by atoms with Gasteiger partial charge in [0.15, 0.2) is 0 Å². The number of phenolic OH excluding ortho intramolecular Hbond substituents is 1. The van der Waals surface area contributed by atoms with E-state index in [1.807, 2.05) is 62.1 Å². The summed E-state index contributed by atoms with van der Waals surface area (Å²) in [5.74, 6) is 0.812. The Morgan fingerprint density at radius 2 is 1.91 bits per heavy atom. The van der Waals surface area contributed by atoms with E-state index in [-0.39, 0.29) is 23.8 Å². The molecule has 4 rings (SSSR count). The molecular formula is C25H29N3O4. The Morgan fingerprint density at radius 1 is 1.16 bits per heavy atom. The van der Waals surface area contributed by atoms with Crippen molar-refractivity contribution in [2.75, 3.05) is 19.8 Å². The lowest BCUT2D eigenvalue weighted by molar-refractivity contribution is 0.0601. The Morgan fingerprint density at radius 3 is 2.59 bits per heavy atom. The molecule has 0 bridgehead atoms. The van der Waals surface area contributed by atoms with Crippen LogP contribution >= 0.6 is 0 Å². The van der Waals surface area contributed by atoms with Crippen molar-refractivity contribution in [2.24, 2.45) is 0 Å². The number of phenols is 1. The number of H-pyrrole nitrogens is 1. The van der Waals surface area contributed by atoms with E-state index in [4.69, 9.17) is 9.47 Å². The van der Waals surface area contributed by atoms with Gasteiger partial charge in [-0.3, -0.25) is 9.89 Å². The summed E-state index contributed by atoms with van der Waals surface area (Å²) in [5, 5.41) is 17.8. The largest absolute Gasteiger partial charge is 0.507 e. The molecule has 0 fully saturated rings. The first-order valence-electron chi connectivity index (χ1n) is 11.0. The zero-order chi connectivity index (χ0) is 22.7. The number of aromatic hydroxyl groups is 1. The lowest BCUT2D eigenvalue weighted by Crippen LogP contribution is -2.31. The molecule has 7 nitrogen and oxygen atoms in total. The fourth-order valence-electron chi connectivity index (χ4n) is 4.12. The normalized spacial score (nSPS) is 15.4. The van der Waals surface area contributed by atoms with Crippen LogP contribution in [0.15, 0.2) is 48.5 Å². The van der Waals surface area contributed by atoms with Crippen LogP contribution in [0.5, 0.6) is 11.5 Å². The molecule has 2 heterocycles. The van der Waals surface area contributed by atoms with Gasteiger partial charge in [-0.15, -0.1) is 0 Å². The zero-order valence-corrected chi connectivity index (χ0v) is 18.7. The van der Waals surface area contributed by atoms with Gasteiger partial charge in [0.1, 0.15) is 22.9 Å². The van der Waals surface area contributed by atoms with Crippen molar-refractivity contribution < 1.29 is 19.4 Å². The summed E-state index contributed by atoms with van der Waals surface area (Å²) >= 11 is 0. The summed E-state index contributed by atoms with van der Waals surface area (Å²) in [6.45, 7) is 7.66. The molecule has 1 aliphatic heterocycles. The highest BCUT2D eigenvalue weighted by molar-refractivity contribution is 6.00. The van der Waals surface area contributed by atoms with Crippen molar-refractivity contribution in [2.45, 2.75) is 39.3 Å². The van der Waals surface area contributed by atoms with E-state index in [1.165, 1.54) is 0 Å². The van der Waals surface area contributed by atoms with Gasteiger partial charge in [0.25, 0.3) is 5.91 Å². The molecule has 32 heavy (non-hydrogen) atoms. The van der Waals surface area contributed by atoms with Gasteiger partial charge in [-0.1, -0.05) is 24.3 Å². The number of para-hydroxylation sites is 1. The zero-order valence-electron chi connectivity index (χ0n) is 18.7. The third-order valence-electron chi connectivity index (χ3n) is 5.52. The number of amides is 1. The van der Waals surface area contributed by atoms with Crippen molar-refractivity contribution in [3.05, 3.63) is 65.4 Å². The minimum absolute atomic E-state index is 0.0994. The molecule has 2 N–H and O–H groups in total. The Balaban J connectivity index is 1.73. The number of hydrogen-bond donors (Lipinski definition) is 2. The lowest BCUT2D eigenvalue weighted by Gasteiger charge is -2.26. The second-order valence-corrected chi connectivity index (χ2v) is 8.05. The number of carbonyl (C=O) groups is 1. The number of nitrogens with zero attached hydrogens (tertiary/aromatic N) is 2. The molecule has 0 spiro atoms. The minimum Gasteiger partial charge on any atom is -0.507 e. The van der Waals surface area contributed by atoms with E-state index in [2.05, 4.69) is 10.2 Å². The molecule has 1 amide bonds. The first kappa shape index (κ1) is 21.9. The topological polar surface area (TPSA) is 87.7 Å². The van der Waals surface area contributed by atoms with E-state index in [1.54, 1.807) is 12.1 Å². The Bertz CT molecular complexity index is 1080. The van der Waals surface area contributed by atoms with Crippen LogP contribution in [-0.2, 0) is 4.74 Å².